The number of nitriles is 1. The molecule has 7 nitrogen and oxygen atoms in total. The van der Waals surface area contributed by atoms with Crippen LogP contribution in [-0.4, -0.2) is 55.7 Å². The lowest BCUT2D eigenvalue weighted by atomic mass is 9.94. The number of nitrogens with zero attached hydrogens (tertiary/aromatic N) is 3. The molecule has 2 fully saturated rings. The zero-order valence-electron chi connectivity index (χ0n) is 15.9. The number of allylic oxidation sites excluding steroid dienone is 1. The molecular weight excluding hydrogens is 432 g/mol. The number of halogens is 1. The lowest BCUT2D eigenvalue weighted by molar-refractivity contribution is 0.140. The molecule has 2 amide bonds. The summed E-state index contributed by atoms with van der Waals surface area (Å²) in [7, 11) is 3.33. The Morgan fingerprint density at radius 2 is 1.66 bits per heavy atom. The highest BCUT2D eigenvalue weighted by Crippen LogP contribution is 2.29. The molecule has 2 heterocycles. The van der Waals surface area contributed by atoms with Crippen LogP contribution in [-0.2, 0) is 10.0 Å². The highest BCUT2D eigenvalue weighted by atomic mass is 35.7. The van der Waals surface area contributed by atoms with Crippen LogP contribution in [0.3, 0.4) is 0 Å². The summed E-state index contributed by atoms with van der Waals surface area (Å²) >= 11 is 0. The lowest BCUT2D eigenvalue weighted by Gasteiger charge is -2.37. The third-order valence-electron chi connectivity index (χ3n) is 5.51. The molecule has 2 aliphatic heterocycles. The molecule has 3 rings (SSSR count). The van der Waals surface area contributed by atoms with Crippen LogP contribution in [0.5, 0.6) is 0 Å². The quantitative estimate of drug-likeness (QED) is 0.705. The number of nitrogens with two attached hydrogens (primary N) is 1. The minimum absolute atomic E-state index is 0.0704. The first-order valence-corrected chi connectivity index (χ1v) is 12.7. The van der Waals surface area contributed by atoms with Crippen molar-refractivity contribution in [1.82, 2.24) is 9.80 Å². The summed E-state index contributed by atoms with van der Waals surface area (Å²) in [4.78, 5) is 17.2. The number of carbonyl (C=O) groups excluding carboxylic acids is 1. The lowest BCUT2D eigenvalue weighted by Crippen LogP contribution is -2.50. The van der Waals surface area contributed by atoms with Crippen LogP contribution in [0, 0.1) is 11.3 Å². The van der Waals surface area contributed by atoms with Gasteiger partial charge in [-0.2, -0.15) is 5.26 Å². The van der Waals surface area contributed by atoms with Crippen LogP contribution in [0.15, 0.2) is 34.7 Å². The Labute approximate surface area is 180 Å². The van der Waals surface area contributed by atoms with Gasteiger partial charge in [-0.1, -0.05) is 12.1 Å². The molecule has 0 radical (unpaired) electrons. The number of hydrogen-bond acceptors (Lipinski definition) is 5. The first kappa shape index (κ1) is 22.0. The van der Waals surface area contributed by atoms with Gasteiger partial charge in [0.25, 0.3) is 0 Å². The Morgan fingerprint density at radius 1 is 1.10 bits per heavy atom. The SMILES string of the molecule is N#CC(=C1CCN(C(=O)N2CCC(S(N)(=O)=O)CC2)CC1)c1ccc(SCl)cc1. The van der Waals surface area contributed by atoms with Gasteiger partial charge in [-0.05, 0) is 70.6 Å². The number of sulfonamides is 1. The second-order valence-electron chi connectivity index (χ2n) is 7.24. The molecule has 0 atom stereocenters. The van der Waals surface area contributed by atoms with Gasteiger partial charge in [0.05, 0.1) is 16.9 Å². The maximum atomic E-state index is 12.8. The first-order valence-electron chi connectivity index (χ1n) is 9.40. The first-order chi connectivity index (χ1) is 13.8. The number of primary sulfonamides is 1. The molecule has 10 heteroatoms. The van der Waals surface area contributed by atoms with E-state index in [2.05, 4.69) is 6.07 Å². The second kappa shape index (κ2) is 9.39. The Bertz CT molecular complexity index is 923. The van der Waals surface area contributed by atoms with Crippen molar-refractivity contribution in [2.45, 2.75) is 35.8 Å². The summed E-state index contributed by atoms with van der Waals surface area (Å²) in [6.45, 7) is 1.88. The fraction of sp³-hybridized carbons (Fsp3) is 0.474. The standard InChI is InChI=1S/C19H23ClN4O3S2/c20-28-16-3-1-14(2-4-16)18(13-21)15-5-9-23(10-6-15)19(25)24-11-7-17(8-12-24)29(22,26)27/h1-4,17H,5-12H2,(H2,22,26,27). The van der Waals surface area contributed by atoms with Gasteiger partial charge in [-0.15, -0.1) is 0 Å². The molecule has 0 saturated carbocycles. The highest BCUT2D eigenvalue weighted by Gasteiger charge is 2.32. The predicted octanol–water partition coefficient (Wildman–Crippen LogP) is 3.18. The highest BCUT2D eigenvalue weighted by molar-refractivity contribution is 8.21. The van der Waals surface area contributed by atoms with E-state index in [9.17, 15) is 18.5 Å². The number of urea groups is 1. The van der Waals surface area contributed by atoms with Gasteiger partial charge < -0.3 is 9.80 Å². The third kappa shape index (κ3) is 5.25. The third-order valence-corrected chi connectivity index (χ3v) is 7.90. The molecule has 2 saturated heterocycles. The molecule has 0 bridgehead atoms. The zero-order valence-corrected chi connectivity index (χ0v) is 18.3. The van der Waals surface area contributed by atoms with E-state index in [4.69, 9.17) is 15.8 Å². The van der Waals surface area contributed by atoms with Crippen LogP contribution in [0.1, 0.15) is 31.2 Å². The number of carbonyl (C=O) groups is 1. The van der Waals surface area contributed by atoms with Crippen molar-refractivity contribution < 1.29 is 13.2 Å². The normalized spacial score (nSPS) is 18.4. The predicted molar refractivity (Wildman–Crippen MR) is 115 cm³/mol. The average molecular weight is 455 g/mol. The van der Waals surface area contributed by atoms with Crippen LogP contribution in [0.4, 0.5) is 4.79 Å². The summed E-state index contributed by atoms with van der Waals surface area (Å²) < 4.78 is 22.9. The fourth-order valence-electron chi connectivity index (χ4n) is 3.81. The molecule has 1 aromatic rings. The minimum atomic E-state index is -3.55. The van der Waals surface area contributed by atoms with Crippen molar-refractivity contribution in [3.63, 3.8) is 0 Å². The molecule has 2 N–H and O–H groups in total. The summed E-state index contributed by atoms with van der Waals surface area (Å²) in [5.41, 5.74) is 2.58. The molecule has 29 heavy (non-hydrogen) atoms. The van der Waals surface area contributed by atoms with Gasteiger partial charge in [0.1, 0.15) is 0 Å². The van der Waals surface area contributed by atoms with Crippen molar-refractivity contribution in [3.05, 3.63) is 35.4 Å². The summed E-state index contributed by atoms with van der Waals surface area (Å²) in [5.74, 6) is 0. The van der Waals surface area contributed by atoms with E-state index in [1.807, 2.05) is 24.3 Å². The van der Waals surface area contributed by atoms with E-state index in [0.717, 1.165) is 27.0 Å². The van der Waals surface area contributed by atoms with E-state index in [0.29, 0.717) is 57.4 Å². The molecule has 1 aromatic carbocycles. The average Bonchev–Trinajstić information content (AvgIpc) is 2.74. The summed E-state index contributed by atoms with van der Waals surface area (Å²) in [5, 5.41) is 14.3. The molecule has 0 aliphatic carbocycles. The topological polar surface area (TPSA) is 108 Å². The molecule has 156 valence electrons. The van der Waals surface area contributed by atoms with Crippen molar-refractivity contribution in [1.29, 1.82) is 5.26 Å². The van der Waals surface area contributed by atoms with Crippen LogP contribution < -0.4 is 5.14 Å². The summed E-state index contributed by atoms with van der Waals surface area (Å²) in [6.07, 6.45) is 2.04. The smallest absolute Gasteiger partial charge is 0.320 e. The van der Waals surface area contributed by atoms with E-state index >= 15 is 0 Å². The second-order valence-corrected chi connectivity index (χ2v) is 10.2. The van der Waals surface area contributed by atoms with Crippen molar-refractivity contribution in [3.8, 4) is 6.07 Å². The largest absolute Gasteiger partial charge is 0.325 e. The van der Waals surface area contributed by atoms with Gasteiger partial charge in [0.15, 0.2) is 0 Å². The Kier molecular flexibility index (Phi) is 7.11. The molecular formula is C19H23ClN4O3S2. The van der Waals surface area contributed by atoms with E-state index in [-0.39, 0.29) is 6.03 Å². The number of likely N-dealkylation sites (tertiary alicyclic amines) is 2. The van der Waals surface area contributed by atoms with Crippen molar-refractivity contribution in [2.75, 3.05) is 26.2 Å². The van der Waals surface area contributed by atoms with Crippen molar-refractivity contribution in [2.24, 2.45) is 5.14 Å². The van der Waals surface area contributed by atoms with E-state index in [1.165, 1.54) is 0 Å². The zero-order chi connectivity index (χ0) is 21.0. The van der Waals surface area contributed by atoms with E-state index in [1.54, 1.807) is 9.80 Å². The monoisotopic (exact) mass is 454 g/mol. The fourth-order valence-corrected chi connectivity index (χ4v) is 5.23. The molecule has 2 aliphatic rings. The molecule has 0 aromatic heterocycles. The Balaban J connectivity index is 1.61. The maximum Gasteiger partial charge on any atom is 0.320 e. The van der Waals surface area contributed by atoms with E-state index < -0.39 is 15.3 Å². The summed E-state index contributed by atoms with van der Waals surface area (Å²) in [6, 6.07) is 9.79. The van der Waals surface area contributed by atoms with Crippen LogP contribution in [0.25, 0.3) is 5.57 Å². The van der Waals surface area contributed by atoms with Gasteiger partial charge in [-0.25, -0.2) is 18.4 Å². The minimum Gasteiger partial charge on any atom is -0.325 e. The maximum absolute atomic E-state index is 12.8. The molecule has 0 unspecified atom stereocenters. The number of benzene rings is 1. The molecule has 0 spiro atoms. The van der Waals surface area contributed by atoms with Crippen LogP contribution >= 0.6 is 21.7 Å². The van der Waals surface area contributed by atoms with Gasteiger partial charge in [0.2, 0.25) is 10.0 Å². The number of hydrogen-bond donors (Lipinski definition) is 1. The Morgan fingerprint density at radius 3 is 2.14 bits per heavy atom. The number of amides is 2. The Hall–Kier alpha value is -1.73. The number of piperidine rings is 2. The van der Waals surface area contributed by atoms with Crippen molar-refractivity contribution >= 4 is 43.3 Å². The van der Waals surface area contributed by atoms with Gasteiger partial charge in [-0.3, -0.25) is 0 Å². The van der Waals surface area contributed by atoms with Gasteiger partial charge >= 0.3 is 6.03 Å². The van der Waals surface area contributed by atoms with Gasteiger partial charge in [0, 0.05) is 31.1 Å². The van der Waals surface area contributed by atoms with Crippen LogP contribution in [0.2, 0.25) is 0 Å². The number of rotatable bonds is 3.